The minimum Gasteiger partial charge on any atom is -0.399 e. The Morgan fingerprint density at radius 1 is 1.00 bits per heavy atom. The van der Waals surface area contributed by atoms with Gasteiger partial charge in [0.05, 0.1) is 35.0 Å². The first-order valence-electron chi connectivity index (χ1n) is 10.7. The number of allylic oxidation sites excluding steroid dienone is 3. The highest BCUT2D eigenvalue weighted by atomic mass is 35.5. The van der Waals surface area contributed by atoms with Crippen molar-refractivity contribution in [3.63, 3.8) is 0 Å². The summed E-state index contributed by atoms with van der Waals surface area (Å²) in [5.74, 6) is 2.39. The fraction of sp³-hybridized carbons (Fsp3) is 0.292. The van der Waals surface area contributed by atoms with Crippen molar-refractivity contribution in [3.05, 3.63) is 64.2 Å². The van der Waals surface area contributed by atoms with Gasteiger partial charge >= 0.3 is 0 Å². The summed E-state index contributed by atoms with van der Waals surface area (Å²) in [5, 5.41) is 1.17. The van der Waals surface area contributed by atoms with E-state index in [1.807, 2.05) is 18.2 Å². The number of hydrogen-bond acceptors (Lipinski definition) is 3. The van der Waals surface area contributed by atoms with Crippen LogP contribution in [0, 0.1) is 0 Å². The van der Waals surface area contributed by atoms with Gasteiger partial charge in [0.2, 0.25) is 0 Å². The molecule has 0 saturated heterocycles. The van der Waals surface area contributed by atoms with Crippen molar-refractivity contribution >= 4 is 56.9 Å². The van der Waals surface area contributed by atoms with E-state index in [0.29, 0.717) is 10.0 Å². The SMILES string of the molecule is CCN1C(=CC=C2CCn3c2[n+](C)c2ccc(N)cc23)N(CC)c2cc(Cl)c(Cl)cc21. The summed E-state index contributed by atoms with van der Waals surface area (Å²) >= 11 is 12.7. The summed E-state index contributed by atoms with van der Waals surface area (Å²) in [6, 6.07) is 10.1. The third-order valence-corrected chi connectivity index (χ3v) is 7.06. The molecule has 3 heterocycles. The number of halogens is 2. The molecule has 1 aromatic heterocycles. The van der Waals surface area contributed by atoms with E-state index >= 15 is 0 Å². The lowest BCUT2D eigenvalue weighted by Gasteiger charge is -2.23. The number of nitrogens with two attached hydrogens (primary N) is 1. The smallest absolute Gasteiger partial charge is 0.285 e. The molecule has 0 spiro atoms. The average molecular weight is 455 g/mol. The zero-order chi connectivity index (χ0) is 21.9. The van der Waals surface area contributed by atoms with Gasteiger partial charge < -0.3 is 15.5 Å². The minimum absolute atomic E-state index is 0.584. The predicted molar refractivity (Wildman–Crippen MR) is 131 cm³/mol. The lowest BCUT2D eigenvalue weighted by molar-refractivity contribution is -0.647. The molecule has 0 bridgehead atoms. The number of anilines is 3. The third-order valence-electron chi connectivity index (χ3n) is 6.34. The molecule has 0 saturated carbocycles. The molecule has 2 aromatic carbocycles. The molecule has 3 aromatic rings. The molecule has 0 amide bonds. The van der Waals surface area contributed by atoms with Gasteiger partial charge in [-0.15, -0.1) is 0 Å². The van der Waals surface area contributed by atoms with Crippen LogP contribution in [-0.4, -0.2) is 17.7 Å². The molecule has 2 N–H and O–H groups in total. The van der Waals surface area contributed by atoms with Gasteiger partial charge in [0.1, 0.15) is 5.82 Å². The maximum Gasteiger partial charge on any atom is 0.285 e. The van der Waals surface area contributed by atoms with E-state index in [4.69, 9.17) is 28.9 Å². The summed E-state index contributed by atoms with van der Waals surface area (Å²) in [7, 11) is 2.13. The fourth-order valence-corrected chi connectivity index (χ4v) is 5.25. The van der Waals surface area contributed by atoms with Crippen LogP contribution < -0.4 is 20.1 Å². The maximum atomic E-state index is 6.33. The van der Waals surface area contributed by atoms with Crippen LogP contribution in [0.15, 0.2) is 48.3 Å². The van der Waals surface area contributed by atoms with Gasteiger partial charge in [0, 0.05) is 36.8 Å². The molecular formula is C24H26Cl2N5+. The van der Waals surface area contributed by atoms with Crippen molar-refractivity contribution < 1.29 is 4.57 Å². The molecule has 0 fully saturated rings. The summed E-state index contributed by atoms with van der Waals surface area (Å²) < 4.78 is 4.64. The topological polar surface area (TPSA) is 41.3 Å². The summed E-state index contributed by atoms with van der Waals surface area (Å²) in [6.45, 7) is 6.98. The van der Waals surface area contributed by atoms with Gasteiger partial charge in [-0.3, -0.25) is 0 Å². The second kappa shape index (κ2) is 7.50. The predicted octanol–water partition coefficient (Wildman–Crippen LogP) is 5.35. The molecule has 2 aliphatic heterocycles. The zero-order valence-corrected chi connectivity index (χ0v) is 19.5. The molecule has 0 radical (unpaired) electrons. The largest absolute Gasteiger partial charge is 0.399 e. The Labute approximate surface area is 192 Å². The van der Waals surface area contributed by atoms with Gasteiger partial charge in [0.15, 0.2) is 11.0 Å². The van der Waals surface area contributed by atoms with Crippen molar-refractivity contribution in [1.82, 2.24) is 4.57 Å². The van der Waals surface area contributed by atoms with E-state index in [1.165, 1.54) is 22.4 Å². The van der Waals surface area contributed by atoms with Crippen molar-refractivity contribution in [2.24, 2.45) is 7.05 Å². The number of aryl methyl sites for hydroxylation is 2. The Balaban J connectivity index is 1.60. The van der Waals surface area contributed by atoms with Crippen molar-refractivity contribution in [1.29, 1.82) is 0 Å². The monoisotopic (exact) mass is 454 g/mol. The highest BCUT2D eigenvalue weighted by Gasteiger charge is 2.33. The van der Waals surface area contributed by atoms with Crippen LogP contribution in [0.5, 0.6) is 0 Å². The summed E-state index contributed by atoms with van der Waals surface area (Å²) in [5.41, 5.74) is 12.8. The van der Waals surface area contributed by atoms with Gasteiger partial charge in [-0.25, -0.2) is 9.13 Å². The molecule has 2 aliphatic rings. The third kappa shape index (κ3) is 3.02. The molecular weight excluding hydrogens is 429 g/mol. The van der Waals surface area contributed by atoms with E-state index < -0.39 is 0 Å². The first-order chi connectivity index (χ1) is 14.9. The van der Waals surface area contributed by atoms with E-state index in [2.05, 4.69) is 64.1 Å². The first kappa shape index (κ1) is 20.3. The van der Waals surface area contributed by atoms with Crippen LogP contribution in [-0.2, 0) is 13.6 Å². The number of nitrogens with zero attached hydrogens (tertiary/aromatic N) is 4. The lowest BCUT2D eigenvalue weighted by atomic mass is 10.2. The van der Waals surface area contributed by atoms with E-state index in [-0.39, 0.29) is 0 Å². The quantitative estimate of drug-likeness (QED) is 0.428. The number of aromatic nitrogens is 2. The Kier molecular flexibility index (Phi) is 4.91. The average Bonchev–Trinajstić information content (AvgIpc) is 3.38. The standard InChI is InChI=1S/C24H26Cl2N5/c1-4-29-21-13-17(25)18(26)14-22(21)30(5-2)23(29)9-6-15-10-11-31-20-12-16(27)7-8-19(20)28(3)24(15)31/h6-9,12-14H,4-5,10-11,27H2,1-3H3/q+1. The highest BCUT2D eigenvalue weighted by molar-refractivity contribution is 6.42. The molecule has 0 atom stereocenters. The van der Waals surface area contributed by atoms with E-state index in [1.54, 1.807) is 0 Å². The van der Waals surface area contributed by atoms with E-state index in [0.717, 1.165) is 48.9 Å². The number of fused-ring (bicyclic) bond motifs is 4. The van der Waals surface area contributed by atoms with Crippen LogP contribution >= 0.6 is 23.2 Å². The number of rotatable bonds is 3. The number of nitrogen functional groups attached to an aromatic ring is 1. The summed E-state index contributed by atoms with van der Waals surface area (Å²) in [6.07, 6.45) is 5.49. The van der Waals surface area contributed by atoms with Gasteiger partial charge in [-0.05, 0) is 50.3 Å². The second-order valence-corrected chi connectivity index (χ2v) is 8.81. The molecule has 7 heteroatoms. The van der Waals surface area contributed by atoms with Gasteiger partial charge in [0.25, 0.3) is 5.82 Å². The maximum absolute atomic E-state index is 6.33. The number of benzene rings is 2. The molecule has 160 valence electrons. The van der Waals surface area contributed by atoms with Crippen LogP contribution in [0.4, 0.5) is 17.1 Å². The van der Waals surface area contributed by atoms with Gasteiger partial charge in [-0.2, -0.15) is 0 Å². The lowest BCUT2D eigenvalue weighted by Crippen LogP contribution is -2.31. The molecule has 31 heavy (non-hydrogen) atoms. The second-order valence-electron chi connectivity index (χ2n) is 7.99. The van der Waals surface area contributed by atoms with Crippen molar-refractivity contribution in [2.45, 2.75) is 26.8 Å². The minimum atomic E-state index is 0.584. The Bertz CT molecular complexity index is 1230. The first-order valence-corrected chi connectivity index (χ1v) is 11.4. The summed E-state index contributed by atoms with van der Waals surface area (Å²) in [4.78, 5) is 4.59. The van der Waals surface area contributed by atoms with Crippen LogP contribution in [0.2, 0.25) is 10.0 Å². The Morgan fingerprint density at radius 2 is 1.65 bits per heavy atom. The molecule has 0 unspecified atom stereocenters. The Morgan fingerprint density at radius 3 is 2.26 bits per heavy atom. The molecule has 5 rings (SSSR count). The van der Waals surface area contributed by atoms with Crippen molar-refractivity contribution in [3.8, 4) is 0 Å². The molecule has 5 nitrogen and oxygen atoms in total. The molecule has 0 aliphatic carbocycles. The highest BCUT2D eigenvalue weighted by Crippen LogP contribution is 2.45. The number of imidazole rings is 1. The van der Waals surface area contributed by atoms with E-state index in [9.17, 15) is 0 Å². The zero-order valence-electron chi connectivity index (χ0n) is 18.0. The van der Waals surface area contributed by atoms with Crippen LogP contribution in [0.25, 0.3) is 16.6 Å². The number of hydrogen-bond donors (Lipinski definition) is 1. The van der Waals surface area contributed by atoms with Crippen LogP contribution in [0.1, 0.15) is 26.1 Å². The van der Waals surface area contributed by atoms with Gasteiger partial charge in [-0.1, -0.05) is 23.2 Å². The fourth-order valence-electron chi connectivity index (χ4n) is 4.94. The normalized spacial score (nSPS) is 16.5. The Hall–Kier alpha value is -2.63. The van der Waals surface area contributed by atoms with Crippen LogP contribution in [0.3, 0.4) is 0 Å². The van der Waals surface area contributed by atoms with Crippen molar-refractivity contribution in [2.75, 3.05) is 28.6 Å².